The van der Waals surface area contributed by atoms with Gasteiger partial charge in [0.05, 0.1) is 17.9 Å². The highest BCUT2D eigenvalue weighted by Gasteiger charge is 2.18. The van der Waals surface area contributed by atoms with Crippen molar-refractivity contribution in [1.82, 2.24) is 14.9 Å². The number of fused-ring (bicyclic) bond motifs is 1. The molecule has 3 heterocycles. The summed E-state index contributed by atoms with van der Waals surface area (Å²) in [6, 6.07) is 15.3. The minimum absolute atomic E-state index is 0.0611. The molecule has 0 radical (unpaired) electrons. The van der Waals surface area contributed by atoms with Crippen molar-refractivity contribution in [1.29, 1.82) is 0 Å². The molecule has 0 aliphatic heterocycles. The number of rotatable bonds is 5. The second-order valence-electron chi connectivity index (χ2n) is 5.74. The Balaban J connectivity index is 1.58. The summed E-state index contributed by atoms with van der Waals surface area (Å²) < 4.78 is 1.92. The van der Waals surface area contributed by atoms with Gasteiger partial charge in [0.25, 0.3) is 5.56 Å². The fraction of sp³-hybridized carbons (Fsp3) is 0.105. The lowest BCUT2D eigenvalue weighted by Gasteiger charge is -2.18. The summed E-state index contributed by atoms with van der Waals surface area (Å²) in [5, 5.41) is 6.85. The van der Waals surface area contributed by atoms with Crippen molar-refractivity contribution >= 4 is 38.8 Å². The molecule has 1 N–H and O–H groups in total. The summed E-state index contributed by atoms with van der Waals surface area (Å²) in [7, 11) is 0. The number of amides is 1. The van der Waals surface area contributed by atoms with Crippen molar-refractivity contribution in [3.63, 3.8) is 0 Å². The average molecular weight is 381 g/mol. The Morgan fingerprint density at radius 1 is 1.08 bits per heavy atom. The van der Waals surface area contributed by atoms with Crippen LogP contribution in [0.25, 0.3) is 10.2 Å². The lowest BCUT2D eigenvalue weighted by Crippen LogP contribution is -2.34. The highest BCUT2D eigenvalue weighted by atomic mass is 32.1. The van der Waals surface area contributed by atoms with Gasteiger partial charge in [0.1, 0.15) is 11.2 Å². The number of nitrogens with zero attached hydrogens (tertiary/aromatic N) is 2. The topological polar surface area (TPSA) is 64.0 Å². The molecular weight excluding hydrogens is 366 g/mol. The largest absolute Gasteiger partial charge is 0.343 e. The first-order valence-electron chi connectivity index (χ1n) is 8.03. The predicted octanol–water partition coefficient (Wildman–Crippen LogP) is 3.43. The molecule has 5 nitrogen and oxygen atoms in total. The third-order valence-corrected chi connectivity index (χ3v) is 5.84. The summed E-state index contributed by atoms with van der Waals surface area (Å²) in [6.07, 6.45) is 1.43. The van der Waals surface area contributed by atoms with Crippen molar-refractivity contribution in [2.75, 3.05) is 0 Å². The molecule has 0 saturated carbocycles. The maximum absolute atomic E-state index is 12.6. The summed E-state index contributed by atoms with van der Waals surface area (Å²) >= 11 is 2.92. The minimum Gasteiger partial charge on any atom is -0.343 e. The van der Waals surface area contributed by atoms with E-state index in [0.717, 1.165) is 10.4 Å². The average Bonchev–Trinajstić information content (AvgIpc) is 3.35. The Hall–Kier alpha value is -2.77. The number of carbonyl (C=O) groups is 1. The highest BCUT2D eigenvalue weighted by molar-refractivity contribution is 7.17. The second kappa shape index (κ2) is 7.23. The van der Waals surface area contributed by atoms with Gasteiger partial charge >= 0.3 is 0 Å². The summed E-state index contributed by atoms with van der Waals surface area (Å²) in [5.74, 6) is -0.230. The summed E-state index contributed by atoms with van der Waals surface area (Å²) in [6.45, 7) is -0.0611. The molecule has 0 fully saturated rings. The smallest absolute Gasteiger partial charge is 0.271 e. The Kier molecular flexibility index (Phi) is 4.64. The van der Waals surface area contributed by atoms with Gasteiger partial charge in [0, 0.05) is 4.88 Å². The predicted molar refractivity (Wildman–Crippen MR) is 105 cm³/mol. The van der Waals surface area contributed by atoms with Gasteiger partial charge in [-0.2, -0.15) is 0 Å². The Bertz CT molecular complexity index is 1080. The van der Waals surface area contributed by atoms with Crippen molar-refractivity contribution in [2.24, 2.45) is 0 Å². The highest BCUT2D eigenvalue weighted by Crippen LogP contribution is 2.25. The van der Waals surface area contributed by atoms with Gasteiger partial charge in [-0.15, -0.1) is 22.7 Å². The fourth-order valence-electron chi connectivity index (χ4n) is 2.77. The van der Waals surface area contributed by atoms with Gasteiger partial charge < -0.3 is 5.32 Å². The van der Waals surface area contributed by atoms with E-state index < -0.39 is 0 Å². The van der Waals surface area contributed by atoms with Crippen LogP contribution in [0.15, 0.2) is 70.4 Å². The monoisotopic (exact) mass is 381 g/mol. The number of aromatic nitrogens is 2. The van der Waals surface area contributed by atoms with Crippen LogP contribution >= 0.6 is 22.7 Å². The number of benzene rings is 1. The molecule has 3 aromatic heterocycles. The van der Waals surface area contributed by atoms with Gasteiger partial charge in [0.15, 0.2) is 0 Å². The van der Waals surface area contributed by atoms with Gasteiger partial charge in [-0.1, -0.05) is 36.4 Å². The molecule has 0 bridgehead atoms. The van der Waals surface area contributed by atoms with E-state index in [1.54, 1.807) is 17.4 Å². The van der Waals surface area contributed by atoms with Crippen molar-refractivity contribution in [2.45, 2.75) is 12.6 Å². The van der Waals surface area contributed by atoms with Crippen LogP contribution in [0.4, 0.5) is 0 Å². The molecule has 26 heavy (non-hydrogen) atoms. The first-order chi connectivity index (χ1) is 12.7. The van der Waals surface area contributed by atoms with Crippen molar-refractivity contribution < 1.29 is 4.79 Å². The van der Waals surface area contributed by atoms with Crippen LogP contribution in [0.3, 0.4) is 0 Å². The molecule has 1 aromatic carbocycles. The van der Waals surface area contributed by atoms with Gasteiger partial charge in [-0.25, -0.2) is 4.98 Å². The van der Waals surface area contributed by atoms with E-state index in [1.807, 2.05) is 53.2 Å². The molecule has 1 unspecified atom stereocenters. The lowest BCUT2D eigenvalue weighted by molar-refractivity contribution is -0.122. The van der Waals surface area contributed by atoms with E-state index >= 15 is 0 Å². The summed E-state index contributed by atoms with van der Waals surface area (Å²) in [4.78, 5) is 30.4. The molecule has 4 rings (SSSR count). The Labute approximate surface area is 157 Å². The van der Waals surface area contributed by atoms with Crippen LogP contribution in [-0.2, 0) is 11.3 Å². The van der Waals surface area contributed by atoms with Crippen LogP contribution in [0.1, 0.15) is 16.5 Å². The molecule has 1 amide bonds. The van der Waals surface area contributed by atoms with E-state index in [0.29, 0.717) is 10.2 Å². The maximum Gasteiger partial charge on any atom is 0.271 e. The third kappa shape index (κ3) is 3.31. The normalized spacial score (nSPS) is 12.2. The first kappa shape index (κ1) is 16.7. The molecular formula is C19H15N3O2S2. The van der Waals surface area contributed by atoms with Crippen LogP contribution in [0, 0.1) is 0 Å². The first-order valence-corrected chi connectivity index (χ1v) is 9.78. The van der Waals surface area contributed by atoms with E-state index in [-0.39, 0.29) is 24.1 Å². The number of hydrogen-bond acceptors (Lipinski definition) is 5. The molecule has 1 atom stereocenters. The molecule has 0 aliphatic carbocycles. The molecule has 4 aromatic rings. The second-order valence-corrected chi connectivity index (χ2v) is 7.63. The zero-order valence-corrected chi connectivity index (χ0v) is 15.3. The lowest BCUT2D eigenvalue weighted by atomic mass is 10.1. The standard InChI is InChI=1S/C19H15N3O2S2/c23-16(11-22-12-20-14-8-10-26-18(14)19(22)24)21-17(15-7-4-9-25-15)13-5-2-1-3-6-13/h1-10,12,17H,11H2,(H,21,23). The van der Waals surface area contributed by atoms with Crippen LogP contribution in [0.5, 0.6) is 0 Å². The Morgan fingerprint density at radius 3 is 2.69 bits per heavy atom. The van der Waals surface area contributed by atoms with E-state index in [2.05, 4.69) is 10.3 Å². The SMILES string of the molecule is O=C(Cn1cnc2ccsc2c1=O)NC(c1ccccc1)c1cccs1. The van der Waals surface area contributed by atoms with Crippen molar-refractivity contribution in [3.05, 3.63) is 86.4 Å². The van der Waals surface area contributed by atoms with Gasteiger partial charge in [-0.05, 0) is 28.5 Å². The summed E-state index contributed by atoms with van der Waals surface area (Å²) in [5.41, 5.74) is 1.48. The van der Waals surface area contributed by atoms with Crippen molar-refractivity contribution in [3.8, 4) is 0 Å². The Morgan fingerprint density at radius 2 is 1.92 bits per heavy atom. The molecule has 0 spiro atoms. The molecule has 130 valence electrons. The zero-order chi connectivity index (χ0) is 17.9. The van der Waals surface area contributed by atoms with Crippen LogP contribution < -0.4 is 10.9 Å². The number of hydrogen-bond donors (Lipinski definition) is 1. The fourth-order valence-corrected chi connectivity index (χ4v) is 4.37. The van der Waals surface area contributed by atoms with E-state index in [9.17, 15) is 9.59 Å². The van der Waals surface area contributed by atoms with E-state index in [4.69, 9.17) is 0 Å². The van der Waals surface area contributed by atoms with E-state index in [1.165, 1.54) is 22.2 Å². The third-order valence-electron chi connectivity index (χ3n) is 4.02. The zero-order valence-electron chi connectivity index (χ0n) is 13.7. The maximum atomic E-state index is 12.6. The quantitative estimate of drug-likeness (QED) is 0.576. The number of carbonyl (C=O) groups excluding carboxylic acids is 1. The minimum atomic E-state index is -0.238. The van der Waals surface area contributed by atoms with Gasteiger partial charge in [-0.3, -0.25) is 14.2 Å². The number of nitrogens with one attached hydrogen (secondary N) is 1. The van der Waals surface area contributed by atoms with Crippen LogP contribution in [-0.4, -0.2) is 15.5 Å². The molecule has 7 heteroatoms. The van der Waals surface area contributed by atoms with Gasteiger partial charge in [0.2, 0.25) is 5.91 Å². The number of thiophene rings is 2. The van der Waals surface area contributed by atoms with Crippen LogP contribution in [0.2, 0.25) is 0 Å². The molecule has 0 saturated heterocycles. The molecule has 0 aliphatic rings.